The lowest BCUT2D eigenvalue weighted by molar-refractivity contribution is -0.227. The van der Waals surface area contributed by atoms with Crippen molar-refractivity contribution in [3.05, 3.63) is 89.5 Å². The third-order valence-electron chi connectivity index (χ3n) is 25.3. The highest BCUT2D eigenvalue weighted by molar-refractivity contribution is 5.34. The van der Waals surface area contributed by atoms with Gasteiger partial charge in [0.2, 0.25) is 18.9 Å². The van der Waals surface area contributed by atoms with Gasteiger partial charge in [-0.1, -0.05) is 131 Å². The molecule has 3 atom stereocenters. The van der Waals surface area contributed by atoms with Gasteiger partial charge in [-0.25, -0.2) is 0 Å². The SMILES string of the molecule is CCC(C)(C)c1ccc(OC(OC(C)C)C23CC4CC(CC(C4)C2)C3)cc1.CCC(C)(C)c1ccc(OC(OCCC2CCCCC2)C23CC4CC(CC(C4)C2)C3)cc1.CCOC(Oc1ccc(C(C)(C)CC)cc1)C12CC3CC(CC(C3)C1)C2. The van der Waals surface area contributed by atoms with Crippen molar-refractivity contribution >= 4 is 0 Å². The Labute approximate surface area is 518 Å². The second-order valence-corrected chi connectivity index (χ2v) is 33.3. The van der Waals surface area contributed by atoms with Crippen LogP contribution in [0.1, 0.15) is 273 Å². The van der Waals surface area contributed by atoms with Crippen LogP contribution in [0, 0.1) is 75.4 Å². The summed E-state index contributed by atoms with van der Waals surface area (Å²) in [6.07, 6.45) is 36.6. The lowest BCUT2D eigenvalue weighted by atomic mass is 9.49. The molecule has 13 aliphatic rings. The van der Waals surface area contributed by atoms with Crippen molar-refractivity contribution in [2.45, 2.75) is 298 Å². The number of rotatable bonds is 23. The monoisotopic (exact) mass is 1160 g/mol. The summed E-state index contributed by atoms with van der Waals surface area (Å²) in [6.45, 7) is 28.7. The molecule has 0 spiro atoms. The minimum Gasteiger partial charge on any atom is -0.464 e. The van der Waals surface area contributed by atoms with Gasteiger partial charge in [0.1, 0.15) is 17.2 Å². The highest BCUT2D eigenvalue weighted by Crippen LogP contribution is 2.65. The zero-order valence-corrected chi connectivity index (χ0v) is 56.0. The largest absolute Gasteiger partial charge is 0.464 e. The summed E-state index contributed by atoms with van der Waals surface area (Å²) >= 11 is 0. The molecule has 0 aromatic heterocycles. The van der Waals surface area contributed by atoms with E-state index in [9.17, 15) is 0 Å². The summed E-state index contributed by atoms with van der Waals surface area (Å²) in [5, 5.41) is 0. The Balaban J connectivity index is 0.000000134. The highest BCUT2D eigenvalue weighted by atomic mass is 16.7. The highest BCUT2D eigenvalue weighted by Gasteiger charge is 2.59. The maximum absolute atomic E-state index is 6.77. The summed E-state index contributed by atoms with van der Waals surface area (Å²) < 4.78 is 39.3. The van der Waals surface area contributed by atoms with E-state index in [2.05, 4.69) is 156 Å². The third-order valence-corrected chi connectivity index (χ3v) is 25.3. The predicted octanol–water partition coefficient (Wildman–Crippen LogP) is 21.3. The fourth-order valence-corrected chi connectivity index (χ4v) is 20.5. The molecule has 6 heteroatoms. The van der Waals surface area contributed by atoms with Gasteiger partial charge in [-0.3, -0.25) is 0 Å². The Kier molecular flexibility index (Phi) is 19.7. The number of hydrogen-bond acceptors (Lipinski definition) is 6. The maximum Gasteiger partial charge on any atom is 0.205 e. The summed E-state index contributed by atoms with van der Waals surface area (Å²) in [4.78, 5) is 0. The van der Waals surface area contributed by atoms with Crippen LogP contribution in [0.3, 0.4) is 0 Å². The first-order valence-electron chi connectivity index (χ1n) is 35.9. The van der Waals surface area contributed by atoms with E-state index in [0.717, 1.165) is 109 Å². The number of hydrogen-bond donors (Lipinski definition) is 0. The molecule has 3 aromatic rings. The molecule has 12 bridgehead atoms. The first kappa shape index (κ1) is 63.5. The van der Waals surface area contributed by atoms with Crippen LogP contribution < -0.4 is 14.2 Å². The molecule has 16 rings (SSSR count). The molecule has 6 nitrogen and oxygen atoms in total. The molecule has 0 amide bonds. The standard InChI is InChI=1S/C30H46O2.C25H38O2.C24H36O2/c1-4-29(2,3)26-10-12-27(13-11-26)32-28(31-15-14-22-8-6-5-7-9-22)30-19-23-16-24(20-30)18-25(17-23)21-30;1-6-24(4,5)21-7-9-22(10-8-21)27-23(26-17(2)3)25-14-18-11-19(15-25)13-20(12-18)16-25;1-5-23(3,4)20-7-9-21(10-8-20)26-22(25-6-2)24-14-17-11-18(15-24)13-19(12-17)16-24/h10-13,22-25,28H,4-9,14-21H2,1-3H3;7-10,17-20,23H,6,11-16H2,1-5H3;7-10,17-19,22H,5-6,11-16H2,1-4H3. The summed E-state index contributed by atoms with van der Waals surface area (Å²) in [5.41, 5.74) is 5.56. The van der Waals surface area contributed by atoms with Gasteiger partial charge in [0.15, 0.2) is 0 Å². The lowest BCUT2D eigenvalue weighted by Crippen LogP contribution is -2.54. The maximum atomic E-state index is 6.77. The van der Waals surface area contributed by atoms with Crippen molar-refractivity contribution in [1.82, 2.24) is 0 Å². The number of ether oxygens (including phenoxy) is 6. The van der Waals surface area contributed by atoms with Crippen molar-refractivity contribution in [2.75, 3.05) is 13.2 Å². The van der Waals surface area contributed by atoms with E-state index in [1.54, 1.807) is 0 Å². The second-order valence-electron chi connectivity index (χ2n) is 33.3. The van der Waals surface area contributed by atoms with Crippen LogP contribution in [0.15, 0.2) is 72.8 Å². The molecule has 0 heterocycles. The molecule has 0 N–H and O–H groups in total. The van der Waals surface area contributed by atoms with Crippen LogP contribution in [0.25, 0.3) is 0 Å². The Hall–Kier alpha value is -3.06. The molecular formula is C79H120O6. The Morgan fingerprint density at radius 1 is 0.388 bits per heavy atom. The molecule has 13 aliphatic carbocycles. The van der Waals surface area contributed by atoms with Gasteiger partial charge in [0.25, 0.3) is 0 Å². The van der Waals surface area contributed by atoms with Gasteiger partial charge in [-0.15, -0.1) is 0 Å². The number of benzene rings is 3. The van der Waals surface area contributed by atoms with Gasteiger partial charge in [0, 0.05) is 22.9 Å². The van der Waals surface area contributed by atoms with Crippen molar-refractivity contribution in [2.24, 2.45) is 75.4 Å². The molecule has 13 saturated carbocycles. The fraction of sp³-hybridized carbons (Fsp3) is 0.772. The van der Waals surface area contributed by atoms with Gasteiger partial charge < -0.3 is 28.4 Å². The normalized spacial score (nSPS) is 33.6. The zero-order chi connectivity index (χ0) is 59.8. The van der Waals surface area contributed by atoms with E-state index in [0.29, 0.717) is 0 Å². The molecule has 0 radical (unpaired) electrons. The Morgan fingerprint density at radius 2 is 0.671 bits per heavy atom. The smallest absolute Gasteiger partial charge is 0.205 e. The van der Waals surface area contributed by atoms with Crippen LogP contribution >= 0.6 is 0 Å². The van der Waals surface area contributed by atoms with E-state index in [1.807, 2.05) is 0 Å². The summed E-state index contributed by atoms with van der Waals surface area (Å²) in [5.74, 6) is 12.0. The van der Waals surface area contributed by atoms with Crippen LogP contribution in [0.4, 0.5) is 0 Å². The molecular weight excluding hydrogens is 1040 g/mol. The molecule has 0 saturated heterocycles. The van der Waals surface area contributed by atoms with E-state index in [4.69, 9.17) is 28.4 Å². The predicted molar refractivity (Wildman–Crippen MR) is 349 cm³/mol. The van der Waals surface area contributed by atoms with E-state index >= 15 is 0 Å². The van der Waals surface area contributed by atoms with Crippen LogP contribution in [0.2, 0.25) is 0 Å². The molecule has 472 valence electrons. The van der Waals surface area contributed by atoms with Gasteiger partial charge in [-0.2, -0.15) is 0 Å². The quantitative estimate of drug-likeness (QED) is 0.0882. The van der Waals surface area contributed by atoms with Gasteiger partial charge in [0.05, 0.1) is 12.7 Å². The summed E-state index contributed by atoms with van der Waals surface area (Å²) in [6, 6.07) is 26.5. The zero-order valence-electron chi connectivity index (χ0n) is 56.0. The first-order valence-corrected chi connectivity index (χ1v) is 35.9. The van der Waals surface area contributed by atoms with E-state index in [-0.39, 0.29) is 57.5 Å². The Bertz CT molecular complexity index is 2460. The third kappa shape index (κ3) is 14.6. The summed E-state index contributed by atoms with van der Waals surface area (Å²) in [7, 11) is 0. The van der Waals surface area contributed by atoms with Gasteiger partial charge in [-0.05, 0) is 291 Å². The molecule has 3 aromatic carbocycles. The molecule has 85 heavy (non-hydrogen) atoms. The topological polar surface area (TPSA) is 55.4 Å². The van der Waals surface area contributed by atoms with Crippen LogP contribution in [0.5, 0.6) is 17.2 Å². The minimum absolute atomic E-state index is 0.0653. The average Bonchev–Trinajstić information content (AvgIpc) is 0.992. The van der Waals surface area contributed by atoms with Crippen molar-refractivity contribution in [1.29, 1.82) is 0 Å². The van der Waals surface area contributed by atoms with Gasteiger partial charge >= 0.3 is 0 Å². The van der Waals surface area contributed by atoms with Crippen LogP contribution in [-0.2, 0) is 30.5 Å². The van der Waals surface area contributed by atoms with Crippen molar-refractivity contribution < 1.29 is 28.4 Å². The van der Waals surface area contributed by atoms with Crippen molar-refractivity contribution in [3.63, 3.8) is 0 Å². The first-order chi connectivity index (χ1) is 40.7. The van der Waals surface area contributed by atoms with E-state index < -0.39 is 0 Å². The molecule has 0 aliphatic heterocycles. The lowest BCUT2D eigenvalue weighted by Gasteiger charge is -2.58. The fourth-order valence-electron chi connectivity index (χ4n) is 20.5. The minimum atomic E-state index is -0.101. The molecule has 13 fully saturated rings. The second kappa shape index (κ2) is 26.4. The Morgan fingerprint density at radius 3 is 0.953 bits per heavy atom. The van der Waals surface area contributed by atoms with Crippen molar-refractivity contribution in [3.8, 4) is 17.2 Å². The molecule has 3 unspecified atom stereocenters. The van der Waals surface area contributed by atoms with E-state index in [1.165, 1.54) is 171 Å². The average molecular weight is 1170 g/mol. The van der Waals surface area contributed by atoms with Crippen LogP contribution in [-0.4, -0.2) is 38.2 Å².